The largest absolute Gasteiger partial charge is 0.496 e. The molecule has 0 spiro atoms. The first-order valence-corrected chi connectivity index (χ1v) is 12.1. The van der Waals surface area contributed by atoms with Crippen LogP contribution in [0.4, 0.5) is 0 Å². The van der Waals surface area contributed by atoms with Crippen LogP contribution < -0.4 is 24.7 Å². The van der Waals surface area contributed by atoms with Crippen molar-refractivity contribution in [2.24, 2.45) is 5.73 Å². The summed E-state index contributed by atoms with van der Waals surface area (Å²) in [5.74, 6) is 1.14. The van der Waals surface area contributed by atoms with Crippen molar-refractivity contribution < 1.29 is 23.7 Å². The third kappa shape index (κ3) is 5.31. The molecule has 0 amide bonds. The van der Waals surface area contributed by atoms with E-state index in [1.807, 2.05) is 42.5 Å². The number of hydrogen-bond donors (Lipinski definition) is 1. The van der Waals surface area contributed by atoms with Crippen molar-refractivity contribution in [3.63, 3.8) is 0 Å². The molecule has 36 heavy (non-hydrogen) atoms. The maximum atomic E-state index is 12.4. The second kappa shape index (κ2) is 10.8. The Bertz CT molecular complexity index is 1360. The summed E-state index contributed by atoms with van der Waals surface area (Å²) in [5.41, 5.74) is 9.00. The third-order valence-corrected chi connectivity index (χ3v) is 6.32. The lowest BCUT2D eigenvalue weighted by Gasteiger charge is -2.27. The van der Waals surface area contributed by atoms with Crippen molar-refractivity contribution in [1.82, 2.24) is 0 Å². The highest BCUT2D eigenvalue weighted by molar-refractivity contribution is 9.10. The number of methoxy groups -OCH3 is 1. The predicted octanol–water partition coefficient (Wildman–Crippen LogP) is 5.78. The summed E-state index contributed by atoms with van der Waals surface area (Å²) in [4.78, 5) is 12.4. The second-order valence-corrected chi connectivity index (χ2v) is 9.41. The number of hydrogen-bond acceptors (Lipinski definition) is 7. The number of benzene rings is 3. The molecular formula is C28H25BrN2O5. The van der Waals surface area contributed by atoms with Gasteiger partial charge in [0.15, 0.2) is 6.61 Å². The first kappa shape index (κ1) is 25.1. The van der Waals surface area contributed by atoms with E-state index in [1.165, 1.54) is 5.56 Å². The molecule has 0 saturated heterocycles. The van der Waals surface area contributed by atoms with E-state index in [0.717, 1.165) is 10.0 Å². The Balaban J connectivity index is 1.54. The first-order chi connectivity index (χ1) is 17.3. The highest BCUT2D eigenvalue weighted by Crippen LogP contribution is 2.46. The van der Waals surface area contributed by atoms with Gasteiger partial charge in [0.2, 0.25) is 5.88 Å². The summed E-state index contributed by atoms with van der Waals surface area (Å²) in [5, 5.41) is 9.82. The van der Waals surface area contributed by atoms with Crippen LogP contribution in [-0.4, -0.2) is 19.7 Å². The van der Waals surface area contributed by atoms with Gasteiger partial charge < -0.3 is 24.7 Å². The normalized spacial score (nSPS) is 14.5. The van der Waals surface area contributed by atoms with Gasteiger partial charge in [0, 0.05) is 21.7 Å². The van der Waals surface area contributed by atoms with E-state index in [2.05, 4.69) is 35.8 Å². The molecular weight excluding hydrogens is 524 g/mol. The van der Waals surface area contributed by atoms with Gasteiger partial charge in [-0.15, -0.1) is 0 Å². The van der Waals surface area contributed by atoms with Crippen molar-refractivity contribution >= 4 is 21.9 Å². The highest BCUT2D eigenvalue weighted by atomic mass is 79.9. The average Bonchev–Trinajstić information content (AvgIpc) is 2.86. The van der Waals surface area contributed by atoms with E-state index >= 15 is 0 Å². The molecule has 0 bridgehead atoms. The highest BCUT2D eigenvalue weighted by Gasteiger charge is 2.33. The summed E-state index contributed by atoms with van der Waals surface area (Å²) in [6.45, 7) is 3.96. The van der Waals surface area contributed by atoms with E-state index in [4.69, 9.17) is 24.7 Å². The number of allylic oxidation sites excluding steroid dienone is 1. The number of nitriles is 1. The molecule has 1 aliphatic heterocycles. The molecule has 3 aromatic rings. The van der Waals surface area contributed by atoms with Gasteiger partial charge in [-0.3, -0.25) is 0 Å². The van der Waals surface area contributed by atoms with Gasteiger partial charge >= 0.3 is 5.97 Å². The molecule has 1 aliphatic rings. The Morgan fingerprint density at radius 2 is 1.81 bits per heavy atom. The Kier molecular flexibility index (Phi) is 7.51. The van der Waals surface area contributed by atoms with Crippen molar-refractivity contribution in [3.05, 3.63) is 93.3 Å². The molecule has 0 fully saturated rings. The van der Waals surface area contributed by atoms with Crippen LogP contribution in [0.25, 0.3) is 0 Å². The molecule has 4 rings (SSSR count). The molecule has 0 aromatic heterocycles. The summed E-state index contributed by atoms with van der Waals surface area (Å²) >= 11 is 3.48. The molecule has 8 heteroatoms. The monoisotopic (exact) mass is 548 g/mol. The topological polar surface area (TPSA) is 104 Å². The number of fused-ring (bicyclic) bond motifs is 1. The zero-order chi connectivity index (χ0) is 25.8. The molecule has 2 N–H and O–H groups in total. The molecule has 0 radical (unpaired) electrons. The molecule has 7 nitrogen and oxygen atoms in total. The fourth-order valence-electron chi connectivity index (χ4n) is 4.00. The minimum Gasteiger partial charge on any atom is -0.496 e. The van der Waals surface area contributed by atoms with E-state index < -0.39 is 11.9 Å². The predicted molar refractivity (Wildman–Crippen MR) is 138 cm³/mol. The summed E-state index contributed by atoms with van der Waals surface area (Å²) in [6.07, 6.45) is 0. The van der Waals surface area contributed by atoms with Crippen LogP contribution in [0, 0.1) is 11.3 Å². The summed E-state index contributed by atoms with van der Waals surface area (Å²) < 4.78 is 23.1. The van der Waals surface area contributed by atoms with E-state index in [-0.39, 0.29) is 23.8 Å². The smallest absolute Gasteiger partial charge is 0.349 e. The van der Waals surface area contributed by atoms with E-state index in [1.54, 1.807) is 25.3 Å². The van der Waals surface area contributed by atoms with Gasteiger partial charge in [0.25, 0.3) is 0 Å². The van der Waals surface area contributed by atoms with Gasteiger partial charge in [-0.2, -0.15) is 5.26 Å². The van der Waals surface area contributed by atoms with E-state index in [0.29, 0.717) is 28.7 Å². The van der Waals surface area contributed by atoms with Crippen LogP contribution in [0.2, 0.25) is 0 Å². The zero-order valence-electron chi connectivity index (χ0n) is 20.1. The van der Waals surface area contributed by atoms with Gasteiger partial charge in [-0.05, 0) is 47.9 Å². The Labute approximate surface area is 218 Å². The quantitative estimate of drug-likeness (QED) is 0.294. The molecule has 0 aliphatic carbocycles. The number of carbonyl (C=O) groups is 1. The molecule has 1 atom stereocenters. The van der Waals surface area contributed by atoms with Gasteiger partial charge in [-0.25, -0.2) is 4.79 Å². The number of carbonyl (C=O) groups excluding carboxylic acids is 1. The van der Waals surface area contributed by atoms with Crippen LogP contribution >= 0.6 is 15.9 Å². The molecule has 0 saturated carbocycles. The number of nitrogens with two attached hydrogens (primary N) is 1. The van der Waals surface area contributed by atoms with Crippen LogP contribution in [0.3, 0.4) is 0 Å². The van der Waals surface area contributed by atoms with Gasteiger partial charge in [0.05, 0.1) is 13.0 Å². The lowest BCUT2D eigenvalue weighted by atomic mass is 9.83. The van der Waals surface area contributed by atoms with Crippen LogP contribution in [-0.2, 0) is 4.79 Å². The van der Waals surface area contributed by atoms with E-state index in [9.17, 15) is 10.1 Å². The summed E-state index contributed by atoms with van der Waals surface area (Å²) in [6, 6.07) is 20.3. The third-order valence-electron chi connectivity index (χ3n) is 5.83. The van der Waals surface area contributed by atoms with Gasteiger partial charge in [0.1, 0.15) is 34.6 Å². The fraction of sp³-hybridized carbons (Fsp3) is 0.214. The lowest BCUT2D eigenvalue weighted by molar-refractivity contribution is -0.136. The maximum absolute atomic E-state index is 12.4. The van der Waals surface area contributed by atoms with Crippen molar-refractivity contribution in [2.75, 3.05) is 13.7 Å². The number of rotatable bonds is 7. The number of esters is 1. The molecule has 1 heterocycles. The number of nitrogens with zero attached hydrogens (tertiary/aromatic N) is 1. The lowest BCUT2D eigenvalue weighted by Crippen LogP contribution is -2.22. The number of halogens is 1. The molecule has 184 valence electrons. The van der Waals surface area contributed by atoms with Crippen molar-refractivity contribution in [1.29, 1.82) is 5.26 Å². The minimum atomic E-state index is -0.565. The Morgan fingerprint density at radius 1 is 1.08 bits per heavy atom. The van der Waals surface area contributed by atoms with Crippen molar-refractivity contribution in [2.45, 2.75) is 25.7 Å². The molecule has 1 unspecified atom stereocenters. The average molecular weight is 549 g/mol. The number of ether oxygens (including phenoxy) is 4. The Morgan fingerprint density at radius 3 is 2.47 bits per heavy atom. The fourth-order valence-corrected chi connectivity index (χ4v) is 4.38. The summed E-state index contributed by atoms with van der Waals surface area (Å²) in [7, 11) is 1.56. The zero-order valence-corrected chi connectivity index (χ0v) is 21.7. The SMILES string of the molecule is COc1ccc(Br)cc1C1C(C#N)=C(N)Oc2cc(OC(=O)COc3ccc(C(C)C)cc3)ccc21. The second-order valence-electron chi connectivity index (χ2n) is 8.50. The molecule has 3 aromatic carbocycles. The first-order valence-electron chi connectivity index (χ1n) is 11.3. The standard InChI is InChI=1S/C28H25BrN2O5/c1-16(2)17-4-7-19(8-5-17)34-15-26(32)35-20-9-10-21-25(13-20)36-28(31)23(14-30)27(21)22-12-18(29)6-11-24(22)33-3/h4-13,16,27H,15,31H2,1-3H3. The van der Waals surface area contributed by atoms with Crippen LogP contribution in [0.5, 0.6) is 23.0 Å². The van der Waals surface area contributed by atoms with Crippen molar-refractivity contribution in [3.8, 4) is 29.1 Å². The van der Waals surface area contributed by atoms with Crippen LogP contribution in [0.15, 0.2) is 76.6 Å². The minimum absolute atomic E-state index is 0.0197. The van der Waals surface area contributed by atoms with Gasteiger partial charge in [-0.1, -0.05) is 48.0 Å². The maximum Gasteiger partial charge on any atom is 0.349 e. The Hall–Kier alpha value is -3.96. The van der Waals surface area contributed by atoms with Crippen LogP contribution in [0.1, 0.15) is 42.4 Å².